The quantitative estimate of drug-likeness (QED) is 0.738. The van der Waals surface area contributed by atoms with Crippen LogP contribution in [-0.4, -0.2) is 51.2 Å². The lowest BCUT2D eigenvalue weighted by Gasteiger charge is -2.43. The van der Waals surface area contributed by atoms with Crippen LogP contribution in [0, 0.1) is 0 Å². The molecule has 0 radical (unpaired) electrons. The summed E-state index contributed by atoms with van der Waals surface area (Å²) >= 11 is 0. The summed E-state index contributed by atoms with van der Waals surface area (Å²) in [6.45, 7) is 0.495. The van der Waals surface area contributed by atoms with Gasteiger partial charge in [-0.25, -0.2) is 0 Å². The van der Waals surface area contributed by atoms with Crippen molar-refractivity contribution in [3.05, 3.63) is 65.7 Å². The van der Waals surface area contributed by atoms with Gasteiger partial charge in [-0.2, -0.15) is 0 Å². The standard InChI is InChI=1S/C22H24O7/c1-24-16-10-8-15(9-11-16)21-27-13-17-19(29-21)18(23)20(22(25-2)28-17)26-12-14-6-4-3-5-7-14/h3-11,17,19-22H,12-13H2,1-2H3/t17-,19+,20+,21+,22-/m0/s1. The maximum absolute atomic E-state index is 13.1. The molecule has 154 valence electrons. The van der Waals surface area contributed by atoms with Crippen LogP contribution in [0.2, 0.25) is 0 Å². The third-order valence-electron chi connectivity index (χ3n) is 5.03. The van der Waals surface area contributed by atoms with E-state index < -0.39 is 30.9 Å². The van der Waals surface area contributed by atoms with Crippen LogP contribution in [0.25, 0.3) is 0 Å². The number of carbonyl (C=O) groups is 1. The van der Waals surface area contributed by atoms with Gasteiger partial charge in [-0.3, -0.25) is 4.79 Å². The summed E-state index contributed by atoms with van der Waals surface area (Å²) in [5, 5.41) is 0. The summed E-state index contributed by atoms with van der Waals surface area (Å²) in [5.74, 6) is 0.530. The molecule has 2 heterocycles. The van der Waals surface area contributed by atoms with Crippen LogP contribution < -0.4 is 4.74 Å². The van der Waals surface area contributed by atoms with Crippen molar-refractivity contribution in [2.75, 3.05) is 20.8 Å². The van der Waals surface area contributed by atoms with Gasteiger partial charge in [0.05, 0.1) is 20.3 Å². The molecule has 0 unspecified atom stereocenters. The van der Waals surface area contributed by atoms with Gasteiger partial charge in [0.15, 0.2) is 30.6 Å². The number of rotatable bonds is 6. The Morgan fingerprint density at radius 2 is 1.76 bits per heavy atom. The minimum absolute atomic E-state index is 0.203. The van der Waals surface area contributed by atoms with Gasteiger partial charge >= 0.3 is 0 Å². The highest BCUT2D eigenvalue weighted by atomic mass is 16.8. The van der Waals surface area contributed by atoms with Crippen molar-refractivity contribution < 1.29 is 33.2 Å². The molecule has 2 aromatic carbocycles. The van der Waals surface area contributed by atoms with E-state index in [9.17, 15) is 4.79 Å². The first-order chi connectivity index (χ1) is 14.2. The van der Waals surface area contributed by atoms with Gasteiger partial charge in [-0.05, 0) is 17.7 Å². The Bertz CT molecular complexity index is 808. The van der Waals surface area contributed by atoms with Gasteiger partial charge in [-0.15, -0.1) is 0 Å². The van der Waals surface area contributed by atoms with E-state index in [1.807, 2.05) is 54.6 Å². The molecule has 2 aromatic rings. The minimum atomic E-state index is -0.879. The first-order valence-electron chi connectivity index (χ1n) is 9.48. The normalized spacial score (nSPS) is 29.3. The maximum Gasteiger partial charge on any atom is 0.198 e. The molecule has 2 aliphatic rings. The smallest absolute Gasteiger partial charge is 0.198 e. The zero-order valence-electron chi connectivity index (χ0n) is 16.4. The molecule has 0 saturated carbocycles. The number of ether oxygens (including phenoxy) is 6. The predicted molar refractivity (Wildman–Crippen MR) is 102 cm³/mol. The van der Waals surface area contributed by atoms with E-state index in [1.54, 1.807) is 7.11 Å². The SMILES string of the molecule is COc1ccc([C@@H]2OC[C@@H]3O[C@H](OC)[C@H](OCc4ccccc4)C(=O)[C@@H]3O2)cc1. The Hall–Kier alpha value is -2.29. The van der Waals surface area contributed by atoms with E-state index in [2.05, 4.69) is 0 Å². The highest BCUT2D eigenvalue weighted by Gasteiger charge is 2.50. The lowest BCUT2D eigenvalue weighted by molar-refractivity contribution is -0.318. The highest BCUT2D eigenvalue weighted by Crippen LogP contribution is 2.34. The van der Waals surface area contributed by atoms with Crippen LogP contribution in [0.15, 0.2) is 54.6 Å². The van der Waals surface area contributed by atoms with E-state index in [0.29, 0.717) is 0 Å². The van der Waals surface area contributed by atoms with E-state index >= 15 is 0 Å². The fourth-order valence-corrected chi connectivity index (χ4v) is 3.47. The van der Waals surface area contributed by atoms with E-state index in [0.717, 1.165) is 16.9 Å². The van der Waals surface area contributed by atoms with Crippen molar-refractivity contribution in [3.8, 4) is 5.75 Å². The number of methoxy groups -OCH3 is 2. The molecule has 0 bridgehead atoms. The topological polar surface area (TPSA) is 72.5 Å². The number of hydrogen-bond acceptors (Lipinski definition) is 7. The van der Waals surface area contributed by atoms with Gasteiger partial charge in [0.2, 0.25) is 0 Å². The zero-order valence-corrected chi connectivity index (χ0v) is 16.4. The van der Waals surface area contributed by atoms with Crippen molar-refractivity contribution in [3.63, 3.8) is 0 Å². The molecular weight excluding hydrogens is 376 g/mol. The summed E-state index contributed by atoms with van der Waals surface area (Å²) in [5.41, 5.74) is 1.76. The number of benzene rings is 2. The molecular formula is C22H24O7. The average molecular weight is 400 g/mol. The first kappa shape index (κ1) is 20.0. The fourth-order valence-electron chi connectivity index (χ4n) is 3.47. The monoisotopic (exact) mass is 400 g/mol. The van der Waals surface area contributed by atoms with Crippen LogP contribution in [0.1, 0.15) is 17.4 Å². The number of Topliss-reactive ketones (excluding diaryl/α,β-unsaturated/α-hetero) is 1. The summed E-state index contributed by atoms with van der Waals surface area (Å²) < 4.78 is 34.0. The van der Waals surface area contributed by atoms with Crippen molar-refractivity contribution >= 4 is 5.78 Å². The minimum Gasteiger partial charge on any atom is -0.497 e. The molecule has 7 nitrogen and oxygen atoms in total. The van der Waals surface area contributed by atoms with Crippen LogP contribution in [-0.2, 0) is 35.1 Å². The van der Waals surface area contributed by atoms with Gasteiger partial charge in [0, 0.05) is 12.7 Å². The summed E-state index contributed by atoms with van der Waals surface area (Å²) in [6, 6.07) is 17.0. The molecule has 2 aliphatic heterocycles. The largest absolute Gasteiger partial charge is 0.497 e. The Kier molecular flexibility index (Phi) is 6.22. The summed E-state index contributed by atoms with van der Waals surface area (Å²) in [4.78, 5) is 13.1. The molecule has 29 heavy (non-hydrogen) atoms. The Morgan fingerprint density at radius 3 is 2.45 bits per heavy atom. The van der Waals surface area contributed by atoms with Gasteiger partial charge in [0.1, 0.15) is 11.9 Å². The molecule has 0 N–H and O–H groups in total. The molecule has 2 saturated heterocycles. The lowest BCUT2D eigenvalue weighted by Crippen LogP contribution is -2.60. The van der Waals surface area contributed by atoms with E-state index in [-0.39, 0.29) is 19.0 Å². The molecule has 4 rings (SSSR count). The third-order valence-corrected chi connectivity index (χ3v) is 5.03. The number of ketones is 1. The number of hydrogen-bond donors (Lipinski definition) is 0. The Morgan fingerprint density at radius 1 is 1.00 bits per heavy atom. The zero-order chi connectivity index (χ0) is 20.2. The average Bonchev–Trinajstić information content (AvgIpc) is 2.79. The van der Waals surface area contributed by atoms with Crippen LogP contribution in [0.5, 0.6) is 5.75 Å². The van der Waals surface area contributed by atoms with Crippen molar-refractivity contribution in [2.45, 2.75) is 37.5 Å². The van der Waals surface area contributed by atoms with E-state index in [1.165, 1.54) is 7.11 Å². The van der Waals surface area contributed by atoms with Gasteiger partial charge in [0.25, 0.3) is 0 Å². The molecule has 7 heteroatoms. The second kappa shape index (κ2) is 9.02. The lowest BCUT2D eigenvalue weighted by atomic mass is 9.99. The van der Waals surface area contributed by atoms with Crippen LogP contribution >= 0.6 is 0 Å². The fraction of sp³-hybridized carbons (Fsp3) is 0.409. The molecule has 2 fully saturated rings. The molecule has 0 amide bonds. The third kappa shape index (κ3) is 4.34. The number of carbonyl (C=O) groups excluding carboxylic acids is 1. The van der Waals surface area contributed by atoms with E-state index in [4.69, 9.17) is 28.4 Å². The van der Waals surface area contributed by atoms with Gasteiger partial charge in [-0.1, -0.05) is 42.5 Å². The first-order valence-corrected chi connectivity index (χ1v) is 9.48. The maximum atomic E-state index is 13.1. The molecule has 0 aromatic heterocycles. The van der Waals surface area contributed by atoms with Gasteiger partial charge < -0.3 is 28.4 Å². The Balaban J connectivity index is 1.46. The second-order valence-corrected chi connectivity index (χ2v) is 6.89. The summed E-state index contributed by atoms with van der Waals surface area (Å²) in [6.07, 6.45) is -3.68. The number of fused-ring (bicyclic) bond motifs is 1. The van der Waals surface area contributed by atoms with Crippen molar-refractivity contribution in [1.82, 2.24) is 0 Å². The Labute approximate surface area is 169 Å². The predicted octanol–water partition coefficient (Wildman–Crippen LogP) is 2.64. The van der Waals surface area contributed by atoms with Crippen molar-refractivity contribution in [1.29, 1.82) is 0 Å². The highest BCUT2D eigenvalue weighted by molar-refractivity contribution is 5.89. The van der Waals surface area contributed by atoms with Crippen LogP contribution in [0.4, 0.5) is 0 Å². The molecule has 5 atom stereocenters. The van der Waals surface area contributed by atoms with Crippen molar-refractivity contribution in [2.24, 2.45) is 0 Å². The summed E-state index contributed by atoms with van der Waals surface area (Å²) in [7, 11) is 3.09. The second-order valence-electron chi connectivity index (χ2n) is 6.89. The molecule has 0 spiro atoms. The molecule has 0 aliphatic carbocycles. The van der Waals surface area contributed by atoms with Crippen LogP contribution in [0.3, 0.4) is 0 Å².